The molecule has 0 radical (unpaired) electrons. The number of carbonyl (C=O) groups excluding carboxylic acids is 1. The summed E-state index contributed by atoms with van der Waals surface area (Å²) in [6.07, 6.45) is 3.25. The van der Waals surface area contributed by atoms with Crippen LogP contribution in [0.15, 0.2) is 67.0 Å². The van der Waals surface area contributed by atoms with E-state index in [1.807, 2.05) is 0 Å². The summed E-state index contributed by atoms with van der Waals surface area (Å²) in [5, 5.41) is 11.8. The lowest BCUT2D eigenvalue weighted by Gasteiger charge is -2.09. The fourth-order valence-corrected chi connectivity index (χ4v) is 3.31. The minimum absolute atomic E-state index is 0.0218. The lowest BCUT2D eigenvalue weighted by atomic mass is 10.2. The summed E-state index contributed by atoms with van der Waals surface area (Å²) in [6.45, 7) is 0.271. The number of halogens is 3. The van der Waals surface area contributed by atoms with Gasteiger partial charge in [-0.15, -0.1) is 0 Å². The van der Waals surface area contributed by atoms with Crippen LogP contribution < -0.4 is 10.1 Å². The summed E-state index contributed by atoms with van der Waals surface area (Å²) in [7, 11) is 0. The number of para-hydroxylation sites is 1. The van der Waals surface area contributed by atoms with Gasteiger partial charge in [0.25, 0.3) is 5.91 Å². The van der Waals surface area contributed by atoms with Crippen molar-refractivity contribution >= 4 is 34.9 Å². The SMILES string of the molecule is O=C(Nc1ccn(Cc2ccccc2F)n1)c1ccn(COc2c(Cl)cccc2Cl)n1. The van der Waals surface area contributed by atoms with Crippen LogP contribution in [0.4, 0.5) is 10.2 Å². The summed E-state index contributed by atoms with van der Waals surface area (Å²) in [5.74, 6) is -0.0807. The van der Waals surface area contributed by atoms with Crippen molar-refractivity contribution in [2.24, 2.45) is 0 Å². The zero-order valence-corrected chi connectivity index (χ0v) is 17.5. The summed E-state index contributed by atoms with van der Waals surface area (Å²) in [4.78, 5) is 12.5. The fraction of sp³-hybridized carbons (Fsp3) is 0.0952. The molecule has 4 aromatic rings. The molecule has 1 N–H and O–H groups in total. The Bertz CT molecular complexity index is 1200. The Balaban J connectivity index is 1.36. The molecule has 0 fully saturated rings. The highest BCUT2D eigenvalue weighted by molar-refractivity contribution is 6.37. The van der Waals surface area contributed by atoms with Gasteiger partial charge in [0.1, 0.15) is 5.82 Å². The van der Waals surface area contributed by atoms with Gasteiger partial charge in [0.2, 0.25) is 0 Å². The monoisotopic (exact) mass is 459 g/mol. The minimum Gasteiger partial charge on any atom is -0.468 e. The number of rotatable bonds is 7. The van der Waals surface area contributed by atoms with Crippen LogP contribution in [0, 0.1) is 5.82 Å². The minimum atomic E-state index is -0.439. The second-order valence-corrected chi connectivity index (χ2v) is 7.32. The molecule has 10 heteroatoms. The van der Waals surface area contributed by atoms with Crippen molar-refractivity contribution in [1.29, 1.82) is 0 Å². The molecule has 0 spiro atoms. The van der Waals surface area contributed by atoms with Gasteiger partial charge in [-0.1, -0.05) is 47.5 Å². The second kappa shape index (κ2) is 9.20. The Morgan fingerprint density at radius 1 is 0.968 bits per heavy atom. The fourth-order valence-electron chi connectivity index (χ4n) is 2.80. The van der Waals surface area contributed by atoms with Crippen molar-refractivity contribution < 1.29 is 13.9 Å². The number of aromatic nitrogens is 4. The van der Waals surface area contributed by atoms with E-state index in [2.05, 4.69) is 15.5 Å². The molecular formula is C21H16Cl2FN5O2. The molecule has 7 nitrogen and oxygen atoms in total. The van der Waals surface area contributed by atoms with E-state index in [0.29, 0.717) is 27.2 Å². The van der Waals surface area contributed by atoms with Gasteiger partial charge >= 0.3 is 0 Å². The van der Waals surface area contributed by atoms with Gasteiger partial charge < -0.3 is 10.1 Å². The Labute approximate surface area is 187 Å². The first kappa shape index (κ1) is 20.9. The number of hydrogen-bond acceptors (Lipinski definition) is 4. The standard InChI is InChI=1S/C21H16Cl2FN5O2/c22-15-5-3-6-16(23)20(15)31-13-29-10-8-18(26-29)21(30)25-19-9-11-28(27-19)12-14-4-1-2-7-17(14)24/h1-11H,12-13H2,(H,25,27,30). The van der Waals surface area contributed by atoms with Crippen LogP contribution in [0.3, 0.4) is 0 Å². The van der Waals surface area contributed by atoms with Crippen LogP contribution in [-0.4, -0.2) is 25.5 Å². The van der Waals surface area contributed by atoms with Crippen LogP contribution in [0.25, 0.3) is 0 Å². The normalized spacial score (nSPS) is 10.8. The Kier molecular flexibility index (Phi) is 6.20. The van der Waals surface area contributed by atoms with Crippen molar-refractivity contribution in [2.45, 2.75) is 13.3 Å². The first-order valence-corrected chi connectivity index (χ1v) is 9.93. The summed E-state index contributed by atoms with van der Waals surface area (Å²) in [6, 6.07) is 14.7. The molecule has 2 aromatic heterocycles. The zero-order valence-electron chi connectivity index (χ0n) is 16.0. The van der Waals surface area contributed by atoms with E-state index in [9.17, 15) is 9.18 Å². The Hall–Kier alpha value is -3.36. The molecule has 0 aliphatic carbocycles. The van der Waals surface area contributed by atoms with Crippen molar-refractivity contribution in [3.8, 4) is 5.75 Å². The summed E-state index contributed by atoms with van der Waals surface area (Å²) in [5.41, 5.74) is 0.679. The summed E-state index contributed by atoms with van der Waals surface area (Å²) >= 11 is 12.1. The van der Waals surface area contributed by atoms with Crippen molar-refractivity contribution in [1.82, 2.24) is 19.6 Å². The lowest BCUT2D eigenvalue weighted by molar-refractivity contribution is 0.101. The van der Waals surface area contributed by atoms with E-state index in [1.165, 1.54) is 15.4 Å². The van der Waals surface area contributed by atoms with E-state index in [-0.39, 0.29) is 24.8 Å². The first-order chi connectivity index (χ1) is 15.0. The maximum absolute atomic E-state index is 13.8. The number of amides is 1. The van der Waals surface area contributed by atoms with E-state index in [1.54, 1.807) is 60.9 Å². The van der Waals surface area contributed by atoms with E-state index >= 15 is 0 Å². The van der Waals surface area contributed by atoms with Crippen molar-refractivity contribution in [2.75, 3.05) is 5.32 Å². The van der Waals surface area contributed by atoms with Gasteiger partial charge in [0.15, 0.2) is 24.0 Å². The first-order valence-electron chi connectivity index (χ1n) is 9.18. The zero-order chi connectivity index (χ0) is 21.8. The molecule has 0 aliphatic heterocycles. The van der Waals surface area contributed by atoms with Crippen LogP contribution in [0.5, 0.6) is 5.75 Å². The molecule has 4 rings (SSSR count). The van der Waals surface area contributed by atoms with Gasteiger partial charge in [-0.05, 0) is 24.3 Å². The van der Waals surface area contributed by atoms with E-state index in [4.69, 9.17) is 27.9 Å². The molecule has 0 unspecified atom stereocenters. The molecule has 0 saturated carbocycles. The Morgan fingerprint density at radius 2 is 1.71 bits per heavy atom. The second-order valence-electron chi connectivity index (χ2n) is 6.51. The number of nitrogens with one attached hydrogen (secondary N) is 1. The number of ether oxygens (including phenoxy) is 1. The molecule has 2 aromatic carbocycles. The average Bonchev–Trinajstić information content (AvgIpc) is 3.39. The van der Waals surface area contributed by atoms with Crippen LogP contribution in [0.2, 0.25) is 10.0 Å². The quantitative estimate of drug-likeness (QED) is 0.428. The van der Waals surface area contributed by atoms with Gasteiger partial charge in [-0.3, -0.25) is 9.48 Å². The highest BCUT2D eigenvalue weighted by atomic mass is 35.5. The molecular weight excluding hydrogens is 444 g/mol. The van der Waals surface area contributed by atoms with Crippen LogP contribution >= 0.6 is 23.2 Å². The number of anilines is 1. The average molecular weight is 460 g/mol. The molecule has 31 heavy (non-hydrogen) atoms. The predicted octanol–water partition coefficient (Wildman–Crippen LogP) is 4.86. The molecule has 158 valence electrons. The number of hydrogen-bond donors (Lipinski definition) is 1. The molecule has 0 bridgehead atoms. The van der Waals surface area contributed by atoms with Crippen molar-refractivity contribution in [3.05, 3.63) is 94.1 Å². The van der Waals surface area contributed by atoms with E-state index < -0.39 is 5.91 Å². The third-order valence-electron chi connectivity index (χ3n) is 4.31. The van der Waals surface area contributed by atoms with Gasteiger partial charge in [-0.25, -0.2) is 9.07 Å². The van der Waals surface area contributed by atoms with Gasteiger partial charge in [0.05, 0.1) is 16.6 Å². The topological polar surface area (TPSA) is 74.0 Å². The molecule has 1 amide bonds. The van der Waals surface area contributed by atoms with Gasteiger partial charge in [0, 0.05) is 24.0 Å². The highest BCUT2D eigenvalue weighted by Gasteiger charge is 2.13. The molecule has 0 saturated heterocycles. The maximum Gasteiger partial charge on any atom is 0.277 e. The van der Waals surface area contributed by atoms with Crippen LogP contribution in [-0.2, 0) is 13.3 Å². The number of nitrogens with zero attached hydrogens (tertiary/aromatic N) is 4. The smallest absolute Gasteiger partial charge is 0.277 e. The largest absolute Gasteiger partial charge is 0.468 e. The van der Waals surface area contributed by atoms with E-state index in [0.717, 1.165) is 0 Å². The lowest BCUT2D eigenvalue weighted by Crippen LogP contribution is -2.15. The third-order valence-corrected chi connectivity index (χ3v) is 4.90. The Morgan fingerprint density at radius 3 is 2.48 bits per heavy atom. The maximum atomic E-state index is 13.8. The number of benzene rings is 2. The highest BCUT2D eigenvalue weighted by Crippen LogP contribution is 2.32. The van der Waals surface area contributed by atoms with Crippen LogP contribution in [0.1, 0.15) is 16.1 Å². The predicted molar refractivity (Wildman–Crippen MR) is 115 cm³/mol. The molecule has 0 aliphatic rings. The third kappa shape index (κ3) is 5.04. The van der Waals surface area contributed by atoms with Gasteiger partial charge in [-0.2, -0.15) is 10.2 Å². The summed E-state index contributed by atoms with van der Waals surface area (Å²) < 4.78 is 22.3. The molecule has 0 atom stereocenters. The molecule has 2 heterocycles. The number of carbonyl (C=O) groups is 1. The van der Waals surface area contributed by atoms with Crippen molar-refractivity contribution in [3.63, 3.8) is 0 Å².